The minimum absolute atomic E-state index is 0.136. The molecule has 0 radical (unpaired) electrons. The molecule has 2 aliphatic rings. The van der Waals surface area contributed by atoms with Gasteiger partial charge in [0.05, 0.1) is 11.6 Å². The molecule has 1 aromatic carbocycles. The summed E-state index contributed by atoms with van der Waals surface area (Å²) < 4.78 is 5.31. The first-order chi connectivity index (χ1) is 12.1. The van der Waals surface area contributed by atoms with Crippen LogP contribution in [0.2, 0.25) is 0 Å². The van der Waals surface area contributed by atoms with E-state index in [1.165, 1.54) is 6.07 Å². The third kappa shape index (κ3) is 2.95. The van der Waals surface area contributed by atoms with E-state index in [9.17, 15) is 14.4 Å². The van der Waals surface area contributed by atoms with Crippen LogP contribution in [0.3, 0.4) is 0 Å². The van der Waals surface area contributed by atoms with E-state index in [4.69, 9.17) is 4.74 Å². The maximum atomic E-state index is 12.6. The molecule has 6 nitrogen and oxygen atoms in total. The van der Waals surface area contributed by atoms with E-state index in [2.05, 4.69) is 10.3 Å². The van der Waals surface area contributed by atoms with Crippen LogP contribution in [0.1, 0.15) is 46.1 Å². The summed E-state index contributed by atoms with van der Waals surface area (Å²) >= 11 is 0. The summed E-state index contributed by atoms with van der Waals surface area (Å²) in [6.45, 7) is 0. The molecule has 1 amide bonds. The van der Waals surface area contributed by atoms with Gasteiger partial charge in [0, 0.05) is 18.2 Å². The first-order valence-corrected chi connectivity index (χ1v) is 8.43. The molecule has 2 aromatic rings. The van der Waals surface area contributed by atoms with Crippen molar-refractivity contribution in [3.05, 3.63) is 69.1 Å². The quantitative estimate of drug-likeness (QED) is 0.815. The van der Waals surface area contributed by atoms with Crippen molar-refractivity contribution in [1.82, 2.24) is 10.3 Å². The Labute approximate surface area is 144 Å². The average molecular weight is 338 g/mol. The monoisotopic (exact) mass is 338 g/mol. The highest BCUT2D eigenvalue weighted by atomic mass is 16.5. The van der Waals surface area contributed by atoms with Gasteiger partial charge in [0.1, 0.15) is 0 Å². The van der Waals surface area contributed by atoms with Gasteiger partial charge in [-0.3, -0.25) is 9.59 Å². The molecule has 6 heteroatoms. The molecular formula is C19H18N2O4. The second kappa shape index (κ2) is 6.20. The van der Waals surface area contributed by atoms with Gasteiger partial charge in [-0.05, 0) is 42.5 Å². The van der Waals surface area contributed by atoms with E-state index in [1.54, 1.807) is 18.2 Å². The Morgan fingerprint density at radius 2 is 2.00 bits per heavy atom. The lowest BCUT2D eigenvalue weighted by Gasteiger charge is -2.29. The lowest BCUT2D eigenvalue weighted by Crippen LogP contribution is -2.44. The largest absolute Gasteiger partial charge is 0.448 e. The van der Waals surface area contributed by atoms with Crippen LogP contribution in [0.5, 0.6) is 0 Å². The number of benzene rings is 1. The lowest BCUT2D eigenvalue weighted by molar-refractivity contribution is -0.131. The zero-order valence-corrected chi connectivity index (χ0v) is 13.6. The van der Waals surface area contributed by atoms with Crippen LogP contribution >= 0.6 is 0 Å². The molecule has 2 heterocycles. The smallest absolute Gasteiger partial charge is 0.339 e. The van der Waals surface area contributed by atoms with Crippen molar-refractivity contribution >= 4 is 11.9 Å². The van der Waals surface area contributed by atoms with Crippen LogP contribution in [0.4, 0.5) is 0 Å². The van der Waals surface area contributed by atoms with Crippen molar-refractivity contribution in [2.75, 3.05) is 0 Å². The molecule has 0 spiro atoms. The van der Waals surface area contributed by atoms with Gasteiger partial charge in [-0.15, -0.1) is 0 Å². The van der Waals surface area contributed by atoms with Gasteiger partial charge in [-0.1, -0.05) is 18.2 Å². The first-order valence-electron chi connectivity index (χ1n) is 8.43. The van der Waals surface area contributed by atoms with E-state index < -0.39 is 12.1 Å². The zero-order chi connectivity index (χ0) is 17.4. The summed E-state index contributed by atoms with van der Waals surface area (Å²) in [7, 11) is 0. The molecule has 1 aliphatic carbocycles. The summed E-state index contributed by atoms with van der Waals surface area (Å²) in [6.07, 6.45) is 2.02. The summed E-state index contributed by atoms with van der Waals surface area (Å²) in [4.78, 5) is 39.0. The van der Waals surface area contributed by atoms with Crippen LogP contribution in [0.15, 0.2) is 41.2 Å². The third-order valence-electron chi connectivity index (χ3n) is 4.83. The molecule has 0 saturated heterocycles. The number of amides is 1. The van der Waals surface area contributed by atoms with E-state index in [-0.39, 0.29) is 17.5 Å². The number of rotatable bonds is 2. The topological polar surface area (TPSA) is 88.3 Å². The normalized spacial score (nSPS) is 21.7. The van der Waals surface area contributed by atoms with Gasteiger partial charge in [-0.25, -0.2) is 4.79 Å². The summed E-state index contributed by atoms with van der Waals surface area (Å²) in [5.74, 6) is -0.762. The van der Waals surface area contributed by atoms with E-state index in [0.717, 1.165) is 36.1 Å². The highest BCUT2D eigenvalue weighted by Gasteiger charge is 2.33. The fraction of sp³-hybridized carbons (Fsp3) is 0.316. The van der Waals surface area contributed by atoms with Gasteiger partial charge in [-0.2, -0.15) is 0 Å². The zero-order valence-electron chi connectivity index (χ0n) is 13.6. The van der Waals surface area contributed by atoms with Crippen molar-refractivity contribution in [1.29, 1.82) is 0 Å². The van der Waals surface area contributed by atoms with Crippen LogP contribution < -0.4 is 10.9 Å². The molecule has 4 rings (SSSR count). The van der Waals surface area contributed by atoms with Gasteiger partial charge in [0.2, 0.25) is 5.56 Å². The fourth-order valence-corrected chi connectivity index (χ4v) is 3.59. The molecule has 2 unspecified atom stereocenters. The summed E-state index contributed by atoms with van der Waals surface area (Å²) in [5.41, 5.74) is 3.01. The number of hydrogen-bond acceptors (Lipinski definition) is 4. The SMILES string of the molecule is O=C1OC(C(=O)NC2CCCc3[nH]c(=O)ccc32)Cc2ccccc21. The molecule has 2 N–H and O–H groups in total. The molecule has 2 atom stereocenters. The van der Waals surface area contributed by atoms with Gasteiger partial charge >= 0.3 is 5.97 Å². The number of carbonyl (C=O) groups excluding carboxylic acids is 2. The Bertz CT molecular complexity index is 902. The van der Waals surface area contributed by atoms with E-state index in [1.807, 2.05) is 12.1 Å². The number of nitrogens with one attached hydrogen (secondary N) is 2. The number of H-pyrrole nitrogens is 1. The lowest BCUT2D eigenvalue weighted by atomic mass is 9.90. The number of hydrogen-bond donors (Lipinski definition) is 2. The summed E-state index contributed by atoms with van der Waals surface area (Å²) in [6, 6.07) is 10.2. The first kappa shape index (κ1) is 15.6. The fourth-order valence-electron chi connectivity index (χ4n) is 3.59. The summed E-state index contributed by atoms with van der Waals surface area (Å²) in [5, 5.41) is 2.98. The van der Waals surface area contributed by atoms with Crippen LogP contribution in [-0.4, -0.2) is 23.0 Å². The molecule has 0 fully saturated rings. The number of carbonyl (C=O) groups is 2. The Kier molecular flexibility index (Phi) is 3.87. The second-order valence-electron chi connectivity index (χ2n) is 6.47. The maximum absolute atomic E-state index is 12.6. The number of aromatic nitrogens is 1. The van der Waals surface area contributed by atoms with Crippen LogP contribution in [0.25, 0.3) is 0 Å². The molecular weight excluding hydrogens is 320 g/mol. The third-order valence-corrected chi connectivity index (χ3v) is 4.83. The van der Waals surface area contributed by atoms with Crippen molar-refractivity contribution in [3.8, 4) is 0 Å². The molecule has 1 aromatic heterocycles. The number of pyridine rings is 1. The minimum Gasteiger partial charge on any atom is -0.448 e. The van der Waals surface area contributed by atoms with Crippen LogP contribution in [-0.2, 0) is 22.4 Å². The van der Waals surface area contributed by atoms with Gasteiger partial charge in [0.15, 0.2) is 6.10 Å². The van der Waals surface area contributed by atoms with Gasteiger partial charge < -0.3 is 15.0 Å². The highest BCUT2D eigenvalue weighted by Crippen LogP contribution is 2.28. The average Bonchev–Trinajstić information content (AvgIpc) is 2.61. The number of esters is 1. The standard InChI is InChI=1S/C19H18N2O4/c22-17-9-8-13-14(20-17)6-3-7-15(13)21-18(23)16-10-11-4-1-2-5-12(11)19(24)25-16/h1-2,4-5,8-9,15-16H,3,6-7,10H2,(H,20,22)(H,21,23). The van der Waals surface area contributed by atoms with Crippen molar-refractivity contribution in [3.63, 3.8) is 0 Å². The predicted molar refractivity (Wildman–Crippen MR) is 90.2 cm³/mol. The minimum atomic E-state index is -0.824. The number of aromatic amines is 1. The maximum Gasteiger partial charge on any atom is 0.339 e. The molecule has 0 saturated carbocycles. The Hall–Kier alpha value is -2.89. The van der Waals surface area contributed by atoms with E-state index in [0.29, 0.717) is 12.0 Å². The highest BCUT2D eigenvalue weighted by molar-refractivity contribution is 5.95. The number of aryl methyl sites for hydroxylation is 1. The van der Waals surface area contributed by atoms with Crippen molar-refractivity contribution in [2.45, 2.75) is 37.8 Å². The van der Waals surface area contributed by atoms with Gasteiger partial charge in [0.25, 0.3) is 5.91 Å². The molecule has 25 heavy (non-hydrogen) atoms. The van der Waals surface area contributed by atoms with Crippen molar-refractivity contribution < 1.29 is 14.3 Å². The Balaban J connectivity index is 1.52. The Morgan fingerprint density at radius 3 is 2.88 bits per heavy atom. The van der Waals surface area contributed by atoms with Crippen molar-refractivity contribution in [2.24, 2.45) is 0 Å². The molecule has 128 valence electrons. The second-order valence-corrected chi connectivity index (χ2v) is 6.47. The molecule has 0 bridgehead atoms. The molecule has 1 aliphatic heterocycles. The number of ether oxygens (including phenoxy) is 1. The Morgan fingerprint density at radius 1 is 1.16 bits per heavy atom. The number of fused-ring (bicyclic) bond motifs is 2. The van der Waals surface area contributed by atoms with Crippen LogP contribution in [0, 0.1) is 0 Å². The van der Waals surface area contributed by atoms with E-state index >= 15 is 0 Å². The number of cyclic esters (lactones) is 1. The predicted octanol–water partition coefficient (Wildman–Crippen LogP) is 1.65.